The van der Waals surface area contributed by atoms with Crippen LogP contribution in [0.2, 0.25) is 0 Å². The summed E-state index contributed by atoms with van der Waals surface area (Å²) in [6.07, 6.45) is -3.95. The average molecular weight is 541 g/mol. The molecule has 6 heteroatoms. The Morgan fingerprint density at radius 1 is 0.650 bits per heavy atom. The van der Waals surface area contributed by atoms with Crippen LogP contribution < -0.4 is 4.74 Å². The molecular weight excluding hydrogens is 504 g/mol. The van der Waals surface area contributed by atoms with E-state index in [0.717, 1.165) is 22.3 Å². The second-order valence-electron chi connectivity index (χ2n) is 9.99. The van der Waals surface area contributed by atoms with Crippen LogP contribution in [0.1, 0.15) is 22.3 Å². The predicted molar refractivity (Wildman–Crippen MR) is 153 cm³/mol. The Balaban J connectivity index is 1.38. The molecule has 5 rings (SSSR count). The van der Waals surface area contributed by atoms with Crippen molar-refractivity contribution in [3.05, 3.63) is 138 Å². The molecule has 4 aromatic carbocycles. The zero-order chi connectivity index (χ0) is 27.6. The molecule has 0 unspecified atom stereocenters. The van der Waals surface area contributed by atoms with Gasteiger partial charge < -0.3 is 28.8 Å². The molecule has 1 fully saturated rings. The highest BCUT2D eigenvalue weighted by Gasteiger charge is 2.48. The Hall–Kier alpha value is -3.52. The fourth-order valence-corrected chi connectivity index (χ4v) is 4.74. The van der Waals surface area contributed by atoms with Gasteiger partial charge >= 0.3 is 0 Å². The molecule has 4 aromatic rings. The van der Waals surface area contributed by atoms with Gasteiger partial charge in [0, 0.05) is 0 Å². The minimum absolute atomic E-state index is 0.236. The van der Waals surface area contributed by atoms with Gasteiger partial charge in [0.15, 0.2) is 0 Å². The van der Waals surface area contributed by atoms with Gasteiger partial charge in [-0.05, 0) is 41.3 Å². The molecule has 208 valence electrons. The smallest absolute Gasteiger partial charge is 0.229 e. The Morgan fingerprint density at radius 3 is 1.77 bits per heavy atom. The minimum Gasteiger partial charge on any atom is -0.462 e. The van der Waals surface area contributed by atoms with Crippen molar-refractivity contribution in [1.29, 1.82) is 0 Å². The number of hydrogen-bond acceptors (Lipinski definition) is 6. The standard InChI is InChI=1S/C34H36O6/c1-25-12-11-19-29(20-25)39-34-31(35)33(38-23-28-17-9-4-10-18-28)32(37-22-27-15-7-3-8-16-27)30(40-34)24-36-21-26-13-5-2-6-14-26/h2-20,30-35H,21-24H2,1H3/t30-,31-,32-,33-,34-/m1/s1. The van der Waals surface area contributed by atoms with Gasteiger partial charge in [0.2, 0.25) is 6.29 Å². The number of hydrogen-bond donors (Lipinski definition) is 1. The first-order valence-electron chi connectivity index (χ1n) is 13.7. The van der Waals surface area contributed by atoms with E-state index in [2.05, 4.69) is 0 Å². The highest BCUT2D eigenvalue weighted by molar-refractivity contribution is 5.27. The van der Waals surface area contributed by atoms with Crippen LogP contribution >= 0.6 is 0 Å². The van der Waals surface area contributed by atoms with E-state index >= 15 is 0 Å². The summed E-state index contributed by atoms with van der Waals surface area (Å²) in [5, 5.41) is 11.5. The predicted octanol–water partition coefficient (Wildman–Crippen LogP) is 5.85. The van der Waals surface area contributed by atoms with Gasteiger partial charge in [-0.25, -0.2) is 0 Å². The van der Waals surface area contributed by atoms with Gasteiger partial charge in [-0.3, -0.25) is 0 Å². The van der Waals surface area contributed by atoms with Crippen molar-refractivity contribution in [3.63, 3.8) is 0 Å². The fourth-order valence-electron chi connectivity index (χ4n) is 4.74. The third kappa shape index (κ3) is 7.78. The number of benzene rings is 4. The SMILES string of the molecule is Cc1cccc(O[C@@H]2O[C@H](COCc3ccccc3)[C@@H](OCc3ccccc3)[C@H](OCc3ccccc3)[C@H]2O)c1. The quantitative estimate of drug-likeness (QED) is 0.243. The lowest BCUT2D eigenvalue weighted by Gasteiger charge is -2.44. The Bertz CT molecular complexity index is 1280. The lowest BCUT2D eigenvalue weighted by molar-refractivity contribution is -0.299. The molecule has 0 spiro atoms. The van der Waals surface area contributed by atoms with Gasteiger partial charge in [-0.1, -0.05) is 103 Å². The van der Waals surface area contributed by atoms with Crippen LogP contribution in [0.5, 0.6) is 5.75 Å². The summed E-state index contributed by atoms with van der Waals surface area (Å²) in [4.78, 5) is 0. The van der Waals surface area contributed by atoms with Crippen molar-refractivity contribution >= 4 is 0 Å². The molecule has 1 N–H and O–H groups in total. The first kappa shape index (κ1) is 28.0. The molecular formula is C34H36O6. The molecule has 0 saturated carbocycles. The summed E-state index contributed by atoms with van der Waals surface area (Å²) in [5.41, 5.74) is 4.12. The lowest BCUT2D eigenvalue weighted by Crippen LogP contribution is -2.61. The molecule has 0 aromatic heterocycles. The van der Waals surface area contributed by atoms with Gasteiger partial charge in [0.25, 0.3) is 0 Å². The van der Waals surface area contributed by atoms with Crippen LogP contribution in [0.25, 0.3) is 0 Å². The number of aliphatic hydroxyl groups excluding tert-OH is 1. The molecule has 5 atom stereocenters. The van der Waals surface area contributed by atoms with Gasteiger partial charge in [0.1, 0.15) is 30.2 Å². The van der Waals surface area contributed by atoms with Crippen molar-refractivity contribution in [1.82, 2.24) is 0 Å². The van der Waals surface area contributed by atoms with Crippen molar-refractivity contribution < 1.29 is 28.8 Å². The zero-order valence-electron chi connectivity index (χ0n) is 22.7. The molecule has 0 radical (unpaired) electrons. The van der Waals surface area contributed by atoms with Crippen LogP contribution in [0.3, 0.4) is 0 Å². The summed E-state index contributed by atoms with van der Waals surface area (Å²) in [6, 6.07) is 37.4. The second-order valence-corrected chi connectivity index (χ2v) is 9.99. The highest BCUT2D eigenvalue weighted by atomic mass is 16.7. The summed E-state index contributed by atoms with van der Waals surface area (Å²) >= 11 is 0. The zero-order valence-corrected chi connectivity index (χ0v) is 22.7. The number of rotatable bonds is 12. The Kier molecular flexibility index (Phi) is 9.96. The van der Waals surface area contributed by atoms with E-state index in [4.69, 9.17) is 23.7 Å². The Labute approximate surface area is 236 Å². The third-order valence-electron chi connectivity index (χ3n) is 6.82. The number of ether oxygens (including phenoxy) is 5. The monoisotopic (exact) mass is 540 g/mol. The first-order valence-corrected chi connectivity index (χ1v) is 13.7. The second kappa shape index (κ2) is 14.2. The van der Waals surface area contributed by atoms with E-state index in [0.29, 0.717) is 25.6 Å². The molecule has 1 saturated heterocycles. The van der Waals surface area contributed by atoms with Crippen molar-refractivity contribution in [2.45, 2.75) is 57.5 Å². The van der Waals surface area contributed by atoms with Crippen LogP contribution in [0.15, 0.2) is 115 Å². The molecule has 1 heterocycles. The van der Waals surface area contributed by atoms with Gasteiger partial charge in [-0.2, -0.15) is 0 Å². The molecule has 40 heavy (non-hydrogen) atoms. The van der Waals surface area contributed by atoms with Crippen molar-refractivity contribution in [3.8, 4) is 5.75 Å². The van der Waals surface area contributed by atoms with Crippen LogP contribution in [0.4, 0.5) is 0 Å². The van der Waals surface area contributed by atoms with Crippen molar-refractivity contribution in [2.75, 3.05) is 6.61 Å². The van der Waals surface area contributed by atoms with Crippen molar-refractivity contribution in [2.24, 2.45) is 0 Å². The molecule has 0 amide bonds. The van der Waals surface area contributed by atoms with E-state index in [9.17, 15) is 5.11 Å². The van der Waals surface area contributed by atoms with Crippen LogP contribution in [-0.2, 0) is 38.8 Å². The first-order chi connectivity index (χ1) is 19.7. The molecule has 0 aliphatic carbocycles. The average Bonchev–Trinajstić information content (AvgIpc) is 2.99. The van der Waals surface area contributed by atoms with Gasteiger partial charge in [-0.15, -0.1) is 0 Å². The molecule has 6 nitrogen and oxygen atoms in total. The molecule has 1 aliphatic rings. The highest BCUT2D eigenvalue weighted by Crippen LogP contribution is 2.30. The summed E-state index contributed by atoms with van der Waals surface area (Å²) in [6.45, 7) is 3.30. The Morgan fingerprint density at radius 2 is 1.20 bits per heavy atom. The maximum atomic E-state index is 11.5. The van der Waals surface area contributed by atoms with E-state index in [1.807, 2.05) is 122 Å². The van der Waals surface area contributed by atoms with Gasteiger partial charge in [0.05, 0.1) is 26.4 Å². The van der Waals surface area contributed by atoms with E-state index < -0.39 is 30.7 Å². The maximum absolute atomic E-state index is 11.5. The van der Waals surface area contributed by atoms with Crippen LogP contribution in [-0.4, -0.2) is 42.4 Å². The lowest BCUT2D eigenvalue weighted by atomic mass is 9.98. The van der Waals surface area contributed by atoms with E-state index in [-0.39, 0.29) is 6.61 Å². The summed E-state index contributed by atoms with van der Waals surface area (Å²) < 4.78 is 31.4. The van der Waals surface area contributed by atoms with E-state index in [1.54, 1.807) is 0 Å². The fraction of sp³-hybridized carbons (Fsp3) is 0.294. The maximum Gasteiger partial charge on any atom is 0.229 e. The summed E-state index contributed by atoms with van der Waals surface area (Å²) in [7, 11) is 0. The normalized spacial score (nSPS) is 22.6. The van der Waals surface area contributed by atoms with Crippen LogP contribution in [0, 0.1) is 6.92 Å². The summed E-state index contributed by atoms with van der Waals surface area (Å²) in [5.74, 6) is 0.610. The number of aryl methyl sites for hydroxylation is 1. The molecule has 1 aliphatic heterocycles. The number of aliphatic hydroxyl groups is 1. The molecule has 0 bridgehead atoms. The topological polar surface area (TPSA) is 66.4 Å². The largest absolute Gasteiger partial charge is 0.462 e. The third-order valence-corrected chi connectivity index (χ3v) is 6.82. The minimum atomic E-state index is -1.10. The van der Waals surface area contributed by atoms with E-state index in [1.165, 1.54) is 0 Å².